The van der Waals surface area contributed by atoms with Gasteiger partial charge in [0, 0.05) is 32.4 Å². The van der Waals surface area contributed by atoms with Gasteiger partial charge in [-0.05, 0) is 37.8 Å². The highest BCUT2D eigenvalue weighted by atomic mass is 35.5. The van der Waals surface area contributed by atoms with Crippen molar-refractivity contribution in [3.05, 3.63) is 23.4 Å². The number of hydrogen-bond acceptors (Lipinski definition) is 3. The average molecular weight is 294 g/mol. The Hall–Kier alpha value is -1.29. The second kappa shape index (κ2) is 6.00. The van der Waals surface area contributed by atoms with E-state index >= 15 is 0 Å². The van der Waals surface area contributed by atoms with E-state index in [-0.39, 0.29) is 5.92 Å². The first-order valence-electron chi connectivity index (χ1n) is 7.39. The van der Waals surface area contributed by atoms with E-state index in [1.807, 2.05) is 17.0 Å². The van der Waals surface area contributed by atoms with Gasteiger partial charge in [-0.25, -0.2) is 4.98 Å². The maximum Gasteiger partial charge on any atom is 0.227 e. The molecular weight excluding hydrogens is 274 g/mol. The number of halogens is 1. The third-order valence-corrected chi connectivity index (χ3v) is 4.46. The molecule has 1 amide bonds. The second-order valence-electron chi connectivity index (χ2n) is 5.65. The molecule has 0 radical (unpaired) electrons. The molecule has 0 aliphatic carbocycles. The summed E-state index contributed by atoms with van der Waals surface area (Å²) < 4.78 is 0. The summed E-state index contributed by atoms with van der Waals surface area (Å²) in [6.07, 6.45) is 6.16. The number of pyridine rings is 1. The van der Waals surface area contributed by atoms with Crippen LogP contribution in [0.4, 0.5) is 5.82 Å². The van der Waals surface area contributed by atoms with Gasteiger partial charge in [-0.2, -0.15) is 0 Å². The third kappa shape index (κ3) is 2.90. The number of likely N-dealkylation sites (tertiary alicyclic amines) is 1. The predicted molar refractivity (Wildman–Crippen MR) is 80.0 cm³/mol. The highest BCUT2D eigenvalue weighted by molar-refractivity contribution is 6.30. The first-order chi connectivity index (χ1) is 9.74. The van der Waals surface area contributed by atoms with Crippen LogP contribution in [0.2, 0.25) is 5.02 Å². The normalized spacial score (nSPS) is 23.1. The zero-order chi connectivity index (χ0) is 13.9. The van der Waals surface area contributed by atoms with Gasteiger partial charge in [-0.15, -0.1) is 0 Å². The smallest absolute Gasteiger partial charge is 0.227 e. The van der Waals surface area contributed by atoms with Crippen molar-refractivity contribution in [3.63, 3.8) is 0 Å². The van der Waals surface area contributed by atoms with Crippen LogP contribution in [-0.4, -0.2) is 42.0 Å². The molecule has 2 saturated heterocycles. The minimum Gasteiger partial charge on any atom is -0.356 e. The zero-order valence-corrected chi connectivity index (χ0v) is 12.4. The number of hydrogen-bond donors (Lipinski definition) is 0. The average Bonchev–Trinajstić information content (AvgIpc) is 2.98. The van der Waals surface area contributed by atoms with Crippen molar-refractivity contribution < 1.29 is 4.79 Å². The fourth-order valence-electron chi connectivity index (χ4n) is 3.10. The van der Waals surface area contributed by atoms with Gasteiger partial charge in [0.2, 0.25) is 5.91 Å². The van der Waals surface area contributed by atoms with Crippen LogP contribution in [0.3, 0.4) is 0 Å². The Morgan fingerprint density at radius 2 is 2.00 bits per heavy atom. The number of anilines is 1. The third-order valence-electron chi connectivity index (χ3n) is 4.24. The summed E-state index contributed by atoms with van der Waals surface area (Å²) >= 11 is 5.86. The van der Waals surface area contributed by atoms with Gasteiger partial charge in [-0.1, -0.05) is 11.6 Å². The monoisotopic (exact) mass is 293 g/mol. The van der Waals surface area contributed by atoms with E-state index in [0.29, 0.717) is 10.9 Å². The lowest BCUT2D eigenvalue weighted by Gasteiger charge is -2.29. The quantitative estimate of drug-likeness (QED) is 0.841. The molecule has 0 aromatic carbocycles. The number of nitrogens with zero attached hydrogens (tertiary/aromatic N) is 3. The van der Waals surface area contributed by atoms with Crippen LogP contribution >= 0.6 is 11.6 Å². The summed E-state index contributed by atoms with van der Waals surface area (Å²) in [6.45, 7) is 3.56. The largest absolute Gasteiger partial charge is 0.356 e. The van der Waals surface area contributed by atoms with Crippen molar-refractivity contribution >= 4 is 23.3 Å². The van der Waals surface area contributed by atoms with Crippen molar-refractivity contribution in [2.24, 2.45) is 5.92 Å². The first kappa shape index (κ1) is 13.7. The minimum atomic E-state index is 0.130. The highest BCUT2D eigenvalue weighted by Crippen LogP contribution is 2.25. The maximum absolute atomic E-state index is 12.5. The van der Waals surface area contributed by atoms with Gasteiger partial charge in [0.1, 0.15) is 5.82 Å². The Bertz CT molecular complexity index is 471. The molecule has 4 nitrogen and oxygen atoms in total. The number of amides is 1. The lowest BCUT2D eigenvalue weighted by Crippen LogP contribution is -2.40. The topological polar surface area (TPSA) is 36.4 Å². The molecule has 1 aromatic rings. The van der Waals surface area contributed by atoms with Crippen LogP contribution in [0.1, 0.15) is 25.7 Å². The Labute approximate surface area is 124 Å². The number of carbonyl (C=O) groups excluding carboxylic acids is 1. The van der Waals surface area contributed by atoms with E-state index in [9.17, 15) is 4.79 Å². The van der Waals surface area contributed by atoms with Gasteiger partial charge in [0.15, 0.2) is 0 Å². The number of rotatable bonds is 2. The van der Waals surface area contributed by atoms with Crippen LogP contribution in [0.25, 0.3) is 0 Å². The van der Waals surface area contributed by atoms with E-state index in [2.05, 4.69) is 9.88 Å². The van der Waals surface area contributed by atoms with Crippen molar-refractivity contribution in [3.8, 4) is 0 Å². The molecule has 1 unspecified atom stereocenters. The molecule has 5 heteroatoms. The standard InChI is InChI=1S/C15H20ClN3O/c16-13-4-5-14(17-10-13)19-9-6-12(11-19)15(20)18-7-2-1-3-8-18/h4-5,10,12H,1-3,6-9,11H2. The number of carbonyl (C=O) groups is 1. The SMILES string of the molecule is O=C(C1CCN(c2ccc(Cl)cn2)C1)N1CCCCC1. The van der Waals surface area contributed by atoms with Crippen molar-refractivity contribution in [1.29, 1.82) is 0 Å². The number of piperidine rings is 1. The molecule has 2 aliphatic rings. The molecule has 1 aromatic heterocycles. The molecule has 0 bridgehead atoms. The van der Waals surface area contributed by atoms with Crippen molar-refractivity contribution in [2.45, 2.75) is 25.7 Å². The van der Waals surface area contributed by atoms with E-state index in [1.54, 1.807) is 6.20 Å². The predicted octanol–water partition coefficient (Wildman–Crippen LogP) is 2.57. The lowest BCUT2D eigenvalue weighted by atomic mass is 10.0. The minimum absolute atomic E-state index is 0.130. The van der Waals surface area contributed by atoms with Crippen LogP contribution < -0.4 is 4.90 Å². The van der Waals surface area contributed by atoms with Crippen LogP contribution in [-0.2, 0) is 4.79 Å². The first-order valence-corrected chi connectivity index (χ1v) is 7.77. The molecule has 3 heterocycles. The summed E-state index contributed by atoms with van der Waals surface area (Å²) in [5, 5.41) is 0.647. The van der Waals surface area contributed by atoms with Crippen molar-refractivity contribution in [1.82, 2.24) is 9.88 Å². The fourth-order valence-corrected chi connectivity index (χ4v) is 3.21. The summed E-state index contributed by atoms with van der Waals surface area (Å²) in [5.41, 5.74) is 0. The van der Waals surface area contributed by atoms with Crippen LogP contribution in [0.5, 0.6) is 0 Å². The van der Waals surface area contributed by atoms with Gasteiger partial charge < -0.3 is 9.80 Å². The molecule has 0 spiro atoms. The molecule has 2 fully saturated rings. The Balaban J connectivity index is 1.61. The molecule has 20 heavy (non-hydrogen) atoms. The number of aromatic nitrogens is 1. The van der Waals surface area contributed by atoms with E-state index < -0.39 is 0 Å². The molecule has 3 rings (SSSR count). The summed E-state index contributed by atoms with van der Waals surface area (Å²) in [5.74, 6) is 1.38. The van der Waals surface area contributed by atoms with E-state index in [4.69, 9.17) is 11.6 Å². The van der Waals surface area contributed by atoms with Crippen molar-refractivity contribution in [2.75, 3.05) is 31.1 Å². The van der Waals surface area contributed by atoms with Gasteiger partial charge in [0.25, 0.3) is 0 Å². The van der Waals surface area contributed by atoms with Gasteiger partial charge in [-0.3, -0.25) is 4.79 Å². The second-order valence-corrected chi connectivity index (χ2v) is 6.09. The highest BCUT2D eigenvalue weighted by Gasteiger charge is 2.32. The molecule has 0 N–H and O–H groups in total. The summed E-state index contributed by atoms with van der Waals surface area (Å²) in [7, 11) is 0. The van der Waals surface area contributed by atoms with E-state index in [1.165, 1.54) is 6.42 Å². The summed E-state index contributed by atoms with van der Waals surface area (Å²) in [4.78, 5) is 21.1. The molecule has 108 valence electrons. The Morgan fingerprint density at radius 1 is 1.20 bits per heavy atom. The maximum atomic E-state index is 12.5. The molecule has 2 aliphatic heterocycles. The van der Waals surface area contributed by atoms with Gasteiger partial charge in [0.05, 0.1) is 10.9 Å². The van der Waals surface area contributed by atoms with Crippen LogP contribution in [0.15, 0.2) is 18.3 Å². The van der Waals surface area contributed by atoms with Crippen LogP contribution in [0, 0.1) is 5.92 Å². The fraction of sp³-hybridized carbons (Fsp3) is 0.600. The lowest BCUT2D eigenvalue weighted by molar-refractivity contribution is -0.135. The van der Waals surface area contributed by atoms with Gasteiger partial charge >= 0.3 is 0 Å². The Kier molecular flexibility index (Phi) is 4.10. The zero-order valence-electron chi connectivity index (χ0n) is 11.6. The molecule has 0 saturated carbocycles. The van der Waals surface area contributed by atoms with E-state index in [0.717, 1.165) is 51.3 Å². The summed E-state index contributed by atoms with van der Waals surface area (Å²) in [6, 6.07) is 3.78. The Morgan fingerprint density at radius 3 is 2.70 bits per heavy atom. The molecule has 1 atom stereocenters. The molecular formula is C15H20ClN3O.